The number of hydrogen-bond donors (Lipinski definition) is 0. The van der Waals surface area contributed by atoms with Gasteiger partial charge in [0.05, 0.1) is 6.07 Å². The number of carbonyl (C=O) groups is 1. The number of carbonyl (C=O) groups excluding carboxylic acids is 1. The second kappa shape index (κ2) is 6.02. The average molecular weight is 235 g/mol. The summed E-state index contributed by atoms with van der Waals surface area (Å²) in [6.45, 7) is 5.42. The summed E-state index contributed by atoms with van der Waals surface area (Å²) in [5.41, 5.74) is 0. The lowest BCUT2D eigenvalue weighted by molar-refractivity contribution is -0.131. The van der Waals surface area contributed by atoms with E-state index in [2.05, 4.69) is 4.90 Å². The van der Waals surface area contributed by atoms with E-state index in [4.69, 9.17) is 5.26 Å². The van der Waals surface area contributed by atoms with Gasteiger partial charge in [-0.1, -0.05) is 0 Å². The minimum atomic E-state index is 0.00659. The third-order valence-electron chi connectivity index (χ3n) is 3.91. The number of nitrogens with zero attached hydrogens (tertiary/aromatic N) is 3. The molecule has 0 aromatic rings. The van der Waals surface area contributed by atoms with Crippen molar-refractivity contribution in [2.24, 2.45) is 5.92 Å². The molecule has 0 unspecified atom stereocenters. The van der Waals surface area contributed by atoms with Crippen molar-refractivity contribution in [1.29, 1.82) is 5.26 Å². The van der Waals surface area contributed by atoms with Crippen LogP contribution in [0.5, 0.6) is 0 Å². The molecule has 0 aliphatic carbocycles. The van der Waals surface area contributed by atoms with Crippen molar-refractivity contribution in [1.82, 2.24) is 9.80 Å². The molecule has 0 aromatic heterocycles. The molecular weight excluding hydrogens is 214 g/mol. The summed E-state index contributed by atoms with van der Waals surface area (Å²) in [6, 6.07) is 1.94. The molecule has 4 heteroatoms. The first kappa shape index (κ1) is 12.4. The first-order valence-corrected chi connectivity index (χ1v) is 6.66. The third kappa shape index (κ3) is 3.44. The van der Waals surface area contributed by atoms with E-state index in [0.29, 0.717) is 0 Å². The van der Waals surface area contributed by atoms with Crippen LogP contribution in [-0.2, 0) is 4.79 Å². The molecule has 17 heavy (non-hydrogen) atoms. The van der Waals surface area contributed by atoms with Gasteiger partial charge in [0.2, 0.25) is 5.91 Å². The SMILES string of the molecule is N#CCC(=O)N1CCC(CN2CCCC2)CC1. The topological polar surface area (TPSA) is 47.3 Å². The number of piperidine rings is 1. The highest BCUT2D eigenvalue weighted by Gasteiger charge is 2.24. The second-order valence-corrected chi connectivity index (χ2v) is 5.17. The van der Waals surface area contributed by atoms with Crippen LogP contribution in [0, 0.1) is 17.2 Å². The molecule has 0 saturated carbocycles. The van der Waals surface area contributed by atoms with Gasteiger partial charge in [0.1, 0.15) is 6.42 Å². The number of likely N-dealkylation sites (tertiary alicyclic amines) is 2. The van der Waals surface area contributed by atoms with Crippen LogP contribution in [-0.4, -0.2) is 48.4 Å². The number of nitriles is 1. The quantitative estimate of drug-likeness (QED) is 0.739. The highest BCUT2D eigenvalue weighted by molar-refractivity contribution is 5.78. The Labute approximate surface area is 103 Å². The highest BCUT2D eigenvalue weighted by atomic mass is 16.2. The Kier molecular flexibility index (Phi) is 4.38. The van der Waals surface area contributed by atoms with E-state index in [1.165, 1.54) is 32.5 Å². The van der Waals surface area contributed by atoms with Crippen molar-refractivity contribution in [3.05, 3.63) is 0 Å². The van der Waals surface area contributed by atoms with Gasteiger partial charge in [0.25, 0.3) is 0 Å². The minimum absolute atomic E-state index is 0.00659. The smallest absolute Gasteiger partial charge is 0.236 e. The van der Waals surface area contributed by atoms with Crippen molar-refractivity contribution in [3.63, 3.8) is 0 Å². The predicted molar refractivity (Wildman–Crippen MR) is 65.2 cm³/mol. The number of rotatable bonds is 3. The van der Waals surface area contributed by atoms with Crippen LogP contribution in [0.15, 0.2) is 0 Å². The van der Waals surface area contributed by atoms with Crippen LogP contribution in [0.3, 0.4) is 0 Å². The Hall–Kier alpha value is -1.08. The lowest BCUT2D eigenvalue weighted by atomic mass is 9.96. The van der Waals surface area contributed by atoms with E-state index < -0.39 is 0 Å². The molecule has 0 atom stereocenters. The van der Waals surface area contributed by atoms with Gasteiger partial charge in [-0.15, -0.1) is 0 Å². The fourth-order valence-electron chi connectivity index (χ4n) is 2.87. The van der Waals surface area contributed by atoms with Crippen molar-refractivity contribution >= 4 is 5.91 Å². The second-order valence-electron chi connectivity index (χ2n) is 5.17. The summed E-state index contributed by atoms with van der Waals surface area (Å²) in [6.07, 6.45) is 4.94. The molecule has 2 fully saturated rings. The first-order chi connectivity index (χ1) is 8.29. The van der Waals surface area contributed by atoms with Gasteiger partial charge in [-0.3, -0.25) is 4.79 Å². The summed E-state index contributed by atoms with van der Waals surface area (Å²) < 4.78 is 0. The molecule has 2 saturated heterocycles. The number of amides is 1. The molecule has 2 aliphatic rings. The maximum absolute atomic E-state index is 11.5. The monoisotopic (exact) mass is 235 g/mol. The molecule has 4 nitrogen and oxygen atoms in total. The van der Waals surface area contributed by atoms with Gasteiger partial charge < -0.3 is 9.80 Å². The molecule has 94 valence electrons. The lowest BCUT2D eigenvalue weighted by Crippen LogP contribution is -2.41. The van der Waals surface area contributed by atoms with Gasteiger partial charge in [-0.2, -0.15) is 5.26 Å². The van der Waals surface area contributed by atoms with Crippen molar-refractivity contribution < 1.29 is 4.79 Å². The van der Waals surface area contributed by atoms with E-state index in [1.54, 1.807) is 0 Å². The zero-order chi connectivity index (χ0) is 12.1. The van der Waals surface area contributed by atoms with E-state index in [-0.39, 0.29) is 12.3 Å². The minimum Gasteiger partial charge on any atom is -0.342 e. The van der Waals surface area contributed by atoms with Crippen LogP contribution < -0.4 is 0 Å². The van der Waals surface area contributed by atoms with Gasteiger partial charge in [0, 0.05) is 19.6 Å². The van der Waals surface area contributed by atoms with Gasteiger partial charge in [-0.25, -0.2) is 0 Å². The van der Waals surface area contributed by atoms with E-state index >= 15 is 0 Å². The summed E-state index contributed by atoms with van der Waals surface area (Å²) >= 11 is 0. The predicted octanol–water partition coefficient (Wildman–Crippen LogP) is 1.23. The van der Waals surface area contributed by atoms with Crippen LogP contribution in [0.2, 0.25) is 0 Å². The van der Waals surface area contributed by atoms with Crippen LogP contribution in [0.25, 0.3) is 0 Å². The number of hydrogen-bond acceptors (Lipinski definition) is 3. The largest absolute Gasteiger partial charge is 0.342 e. The molecule has 0 spiro atoms. The Bertz CT molecular complexity index is 296. The van der Waals surface area contributed by atoms with Crippen molar-refractivity contribution in [2.75, 3.05) is 32.7 Å². The maximum Gasteiger partial charge on any atom is 0.236 e. The summed E-state index contributed by atoms with van der Waals surface area (Å²) in [5, 5.41) is 8.50. The summed E-state index contributed by atoms with van der Waals surface area (Å²) in [7, 11) is 0. The van der Waals surface area contributed by atoms with Gasteiger partial charge in [-0.05, 0) is 44.7 Å². The molecule has 0 aromatic carbocycles. The molecule has 2 rings (SSSR count). The maximum atomic E-state index is 11.5. The first-order valence-electron chi connectivity index (χ1n) is 6.66. The Balaban J connectivity index is 1.70. The average Bonchev–Trinajstić information content (AvgIpc) is 2.83. The molecule has 0 radical (unpaired) electrons. The molecule has 0 bridgehead atoms. The van der Waals surface area contributed by atoms with Crippen LogP contribution in [0.4, 0.5) is 0 Å². The molecule has 2 aliphatic heterocycles. The van der Waals surface area contributed by atoms with Crippen LogP contribution in [0.1, 0.15) is 32.1 Å². The molecule has 0 N–H and O–H groups in total. The Morgan fingerprint density at radius 3 is 2.41 bits per heavy atom. The highest BCUT2D eigenvalue weighted by Crippen LogP contribution is 2.20. The Morgan fingerprint density at radius 1 is 1.18 bits per heavy atom. The van der Waals surface area contributed by atoms with Crippen LogP contribution >= 0.6 is 0 Å². The molecular formula is C13H21N3O. The zero-order valence-electron chi connectivity index (χ0n) is 10.4. The summed E-state index contributed by atoms with van der Waals surface area (Å²) in [4.78, 5) is 15.9. The van der Waals surface area contributed by atoms with E-state index in [1.807, 2.05) is 11.0 Å². The van der Waals surface area contributed by atoms with Gasteiger partial charge >= 0.3 is 0 Å². The third-order valence-corrected chi connectivity index (χ3v) is 3.91. The van der Waals surface area contributed by atoms with E-state index in [0.717, 1.165) is 31.8 Å². The standard InChI is InChI=1S/C13H21N3O/c14-6-3-13(17)16-9-4-12(5-10-16)11-15-7-1-2-8-15/h12H,1-5,7-11H2. The van der Waals surface area contributed by atoms with E-state index in [9.17, 15) is 4.79 Å². The fraction of sp³-hybridized carbons (Fsp3) is 0.846. The van der Waals surface area contributed by atoms with Gasteiger partial charge in [0.15, 0.2) is 0 Å². The summed E-state index contributed by atoms with van der Waals surface area (Å²) in [5.74, 6) is 0.756. The Morgan fingerprint density at radius 2 is 1.82 bits per heavy atom. The normalized spacial score (nSPS) is 22.6. The van der Waals surface area contributed by atoms with Crippen molar-refractivity contribution in [2.45, 2.75) is 32.1 Å². The lowest BCUT2D eigenvalue weighted by Gasteiger charge is -2.33. The molecule has 1 amide bonds. The zero-order valence-corrected chi connectivity index (χ0v) is 10.4. The fourth-order valence-corrected chi connectivity index (χ4v) is 2.87. The molecule has 2 heterocycles. The van der Waals surface area contributed by atoms with Crippen molar-refractivity contribution in [3.8, 4) is 6.07 Å².